The number of thiazole rings is 1. The van der Waals surface area contributed by atoms with Crippen LogP contribution in [0.4, 0.5) is 14.5 Å². The Morgan fingerprint density at radius 2 is 2.17 bits per heavy atom. The van der Waals surface area contributed by atoms with Crippen molar-refractivity contribution in [3.8, 4) is 10.6 Å². The fraction of sp³-hybridized carbons (Fsp3) is 0.333. The Morgan fingerprint density at radius 3 is 2.80 bits per heavy atom. The van der Waals surface area contributed by atoms with Gasteiger partial charge in [0.1, 0.15) is 12.2 Å². The zero-order valence-electron chi connectivity index (χ0n) is 15.8. The fourth-order valence-electron chi connectivity index (χ4n) is 3.28. The lowest BCUT2D eigenvalue weighted by Crippen LogP contribution is -2.28. The molecule has 156 valence electrons. The first-order valence-electron chi connectivity index (χ1n) is 8.98. The van der Waals surface area contributed by atoms with Gasteiger partial charge in [-0.05, 0) is 13.0 Å². The van der Waals surface area contributed by atoms with Gasteiger partial charge >= 0.3 is 0 Å². The van der Waals surface area contributed by atoms with Crippen molar-refractivity contribution in [1.82, 2.24) is 24.6 Å². The number of nitro groups is 1. The van der Waals surface area contributed by atoms with Crippen LogP contribution in [0.25, 0.3) is 10.6 Å². The molecule has 0 saturated heterocycles. The van der Waals surface area contributed by atoms with E-state index in [1.807, 2.05) is 6.92 Å². The molecule has 0 atom stereocenters. The lowest BCUT2D eigenvalue weighted by atomic mass is 10.2. The third-order valence-electron chi connectivity index (χ3n) is 4.64. The van der Waals surface area contributed by atoms with Crippen molar-refractivity contribution in [3.05, 3.63) is 56.6 Å². The number of alkyl halides is 2. The first-order chi connectivity index (χ1) is 14.3. The van der Waals surface area contributed by atoms with Gasteiger partial charge in [0.2, 0.25) is 5.91 Å². The Kier molecular flexibility index (Phi) is 5.24. The first-order valence-corrected chi connectivity index (χ1v) is 9.80. The maximum absolute atomic E-state index is 12.8. The number of carbonyl (C=O) groups excluding carboxylic acids is 1. The second-order valence-corrected chi connectivity index (χ2v) is 8.04. The third kappa shape index (κ3) is 4.03. The van der Waals surface area contributed by atoms with E-state index in [2.05, 4.69) is 15.1 Å². The van der Waals surface area contributed by atoms with Crippen molar-refractivity contribution in [2.45, 2.75) is 39.4 Å². The second-order valence-electron chi connectivity index (χ2n) is 6.80. The van der Waals surface area contributed by atoms with Crippen LogP contribution < -0.4 is 0 Å². The standard InChI is InChI=1S/C18H16F2N6O3S/c1-10-21-5-16(30-10)12-2-3-15(26(28)29)13(22-12)4-18(27)24-6-11-7-25(9-17(19)20)23-14(11)8-24/h2-3,5,7,17H,4,6,8-9H2,1H3. The summed E-state index contributed by atoms with van der Waals surface area (Å²) in [5.74, 6) is -0.346. The highest BCUT2D eigenvalue weighted by Crippen LogP contribution is 2.29. The van der Waals surface area contributed by atoms with Crippen LogP contribution in [0, 0.1) is 17.0 Å². The van der Waals surface area contributed by atoms with Crippen LogP contribution in [-0.2, 0) is 30.8 Å². The second kappa shape index (κ2) is 7.86. The summed E-state index contributed by atoms with van der Waals surface area (Å²) in [6.45, 7) is 1.74. The number of pyridine rings is 1. The SMILES string of the molecule is Cc1ncc(-c2ccc([N+](=O)[O-])c(CC(=O)N3Cc4cn(CC(F)F)nc4C3)n2)s1. The van der Waals surface area contributed by atoms with E-state index in [0.717, 1.165) is 9.88 Å². The highest BCUT2D eigenvalue weighted by atomic mass is 32.1. The van der Waals surface area contributed by atoms with Gasteiger partial charge in [0.25, 0.3) is 12.1 Å². The van der Waals surface area contributed by atoms with Gasteiger partial charge in [-0.15, -0.1) is 11.3 Å². The van der Waals surface area contributed by atoms with Gasteiger partial charge in [0, 0.05) is 30.6 Å². The minimum atomic E-state index is -2.51. The van der Waals surface area contributed by atoms with Crippen molar-refractivity contribution in [2.24, 2.45) is 0 Å². The van der Waals surface area contributed by atoms with Crippen LogP contribution in [0.15, 0.2) is 24.5 Å². The number of halogens is 2. The van der Waals surface area contributed by atoms with E-state index >= 15 is 0 Å². The molecule has 1 amide bonds. The number of hydrogen-bond donors (Lipinski definition) is 0. The van der Waals surface area contributed by atoms with Gasteiger partial charge < -0.3 is 4.90 Å². The van der Waals surface area contributed by atoms with Crippen molar-refractivity contribution < 1.29 is 18.5 Å². The number of aromatic nitrogens is 4. The summed E-state index contributed by atoms with van der Waals surface area (Å²) >= 11 is 1.40. The third-order valence-corrected chi connectivity index (χ3v) is 5.58. The molecule has 1 aliphatic rings. The van der Waals surface area contributed by atoms with E-state index in [1.54, 1.807) is 6.20 Å². The number of amides is 1. The minimum absolute atomic E-state index is 0.0702. The molecule has 1 aliphatic heterocycles. The molecule has 0 fully saturated rings. The quantitative estimate of drug-likeness (QED) is 0.436. The molecule has 3 aromatic heterocycles. The van der Waals surface area contributed by atoms with Gasteiger partial charge in [-0.25, -0.2) is 18.7 Å². The molecule has 0 unspecified atom stereocenters. The van der Waals surface area contributed by atoms with Crippen LogP contribution in [0.1, 0.15) is 22.0 Å². The number of aryl methyl sites for hydroxylation is 1. The average molecular weight is 434 g/mol. The summed E-state index contributed by atoms with van der Waals surface area (Å²) in [6, 6.07) is 2.88. The van der Waals surface area contributed by atoms with Crippen molar-refractivity contribution in [1.29, 1.82) is 0 Å². The Morgan fingerprint density at radius 1 is 1.37 bits per heavy atom. The molecule has 0 aliphatic carbocycles. The fourth-order valence-corrected chi connectivity index (χ4v) is 4.03. The Hall–Kier alpha value is -3.28. The molecular weight excluding hydrogens is 418 g/mol. The lowest BCUT2D eigenvalue weighted by molar-refractivity contribution is -0.385. The average Bonchev–Trinajstić information content (AvgIpc) is 3.35. The molecule has 4 rings (SSSR count). The van der Waals surface area contributed by atoms with Gasteiger partial charge in [-0.1, -0.05) is 0 Å². The van der Waals surface area contributed by atoms with Crippen molar-refractivity contribution >= 4 is 22.9 Å². The molecular formula is C18H16F2N6O3S. The summed E-state index contributed by atoms with van der Waals surface area (Å²) < 4.78 is 26.2. The predicted octanol–water partition coefficient (Wildman–Crippen LogP) is 2.97. The molecule has 0 N–H and O–H groups in total. The largest absolute Gasteiger partial charge is 0.332 e. The van der Waals surface area contributed by atoms with Crippen molar-refractivity contribution in [3.63, 3.8) is 0 Å². The minimum Gasteiger partial charge on any atom is -0.332 e. The number of rotatable bonds is 6. The number of nitrogens with zero attached hydrogens (tertiary/aromatic N) is 6. The zero-order chi connectivity index (χ0) is 21.4. The molecule has 4 heterocycles. The van der Waals surface area contributed by atoms with Crippen LogP contribution in [0.5, 0.6) is 0 Å². The molecule has 0 saturated carbocycles. The predicted molar refractivity (Wildman–Crippen MR) is 103 cm³/mol. The molecule has 0 spiro atoms. The highest BCUT2D eigenvalue weighted by molar-refractivity contribution is 7.15. The van der Waals surface area contributed by atoms with Gasteiger partial charge in [0.15, 0.2) is 0 Å². The summed E-state index contributed by atoms with van der Waals surface area (Å²) in [5, 5.41) is 16.3. The van der Waals surface area contributed by atoms with Crippen LogP contribution in [0.3, 0.4) is 0 Å². The molecule has 0 aromatic carbocycles. The number of carbonyl (C=O) groups is 1. The molecule has 3 aromatic rings. The van der Waals surface area contributed by atoms with E-state index in [1.165, 1.54) is 39.2 Å². The van der Waals surface area contributed by atoms with E-state index < -0.39 is 17.9 Å². The monoisotopic (exact) mass is 434 g/mol. The summed E-state index contributed by atoms with van der Waals surface area (Å²) in [4.78, 5) is 34.4. The van der Waals surface area contributed by atoms with Crippen LogP contribution >= 0.6 is 11.3 Å². The van der Waals surface area contributed by atoms with Crippen molar-refractivity contribution in [2.75, 3.05) is 0 Å². The number of fused-ring (bicyclic) bond motifs is 1. The van der Waals surface area contributed by atoms with Gasteiger partial charge in [-0.2, -0.15) is 5.10 Å². The first kappa shape index (κ1) is 20.0. The maximum atomic E-state index is 12.8. The Labute approximate surface area is 173 Å². The van der Waals surface area contributed by atoms with E-state index in [9.17, 15) is 23.7 Å². The van der Waals surface area contributed by atoms with Gasteiger partial charge in [0.05, 0.1) is 39.2 Å². The molecule has 30 heavy (non-hydrogen) atoms. The summed E-state index contributed by atoms with van der Waals surface area (Å²) in [6.07, 6.45) is 0.381. The van der Waals surface area contributed by atoms with Gasteiger partial charge in [-0.3, -0.25) is 19.6 Å². The Bertz CT molecular complexity index is 1110. The topological polar surface area (TPSA) is 107 Å². The summed E-state index contributed by atoms with van der Waals surface area (Å²) in [7, 11) is 0. The van der Waals surface area contributed by atoms with E-state index in [-0.39, 0.29) is 36.8 Å². The van der Waals surface area contributed by atoms with E-state index in [0.29, 0.717) is 17.0 Å². The molecule has 0 bridgehead atoms. The smallest absolute Gasteiger partial charge is 0.291 e. The van der Waals surface area contributed by atoms with Crippen LogP contribution in [0.2, 0.25) is 0 Å². The molecule has 9 nitrogen and oxygen atoms in total. The Balaban J connectivity index is 1.52. The zero-order valence-corrected chi connectivity index (χ0v) is 16.6. The summed E-state index contributed by atoms with van der Waals surface area (Å²) in [5.41, 5.74) is 1.61. The normalized spacial score (nSPS) is 13.1. The van der Waals surface area contributed by atoms with E-state index in [4.69, 9.17) is 0 Å². The maximum Gasteiger partial charge on any atom is 0.291 e. The molecule has 0 radical (unpaired) electrons. The molecule has 12 heteroatoms. The highest BCUT2D eigenvalue weighted by Gasteiger charge is 2.29. The lowest BCUT2D eigenvalue weighted by Gasteiger charge is -2.15. The number of hydrogen-bond acceptors (Lipinski definition) is 7. The van der Waals surface area contributed by atoms with Crippen LogP contribution in [-0.4, -0.2) is 41.9 Å².